The summed E-state index contributed by atoms with van der Waals surface area (Å²) in [6.45, 7) is 0.239. The Morgan fingerprint density at radius 3 is 2.68 bits per heavy atom. The van der Waals surface area contributed by atoms with Crippen molar-refractivity contribution < 1.29 is 17.6 Å². The zero-order chi connectivity index (χ0) is 31.2. The van der Waals surface area contributed by atoms with Crippen LogP contribution in [0.3, 0.4) is 0 Å². The molecule has 12 nitrogen and oxygen atoms in total. The van der Waals surface area contributed by atoms with Crippen LogP contribution in [0.1, 0.15) is 10.9 Å². The number of sulfone groups is 1. The van der Waals surface area contributed by atoms with E-state index in [1.807, 2.05) is 32.3 Å². The lowest BCUT2D eigenvalue weighted by Gasteiger charge is -2.12. The highest BCUT2D eigenvalue weighted by Gasteiger charge is 2.21. The van der Waals surface area contributed by atoms with Gasteiger partial charge >= 0.3 is 0 Å². The van der Waals surface area contributed by atoms with E-state index < -0.39 is 21.0 Å². The molecule has 1 amide bonds. The minimum Gasteiger partial charge on any atom is -0.338 e. The number of pyridine rings is 3. The van der Waals surface area contributed by atoms with E-state index >= 15 is 0 Å². The number of nitrogens with one attached hydrogen (secondary N) is 3. The first-order chi connectivity index (χ1) is 21.0. The van der Waals surface area contributed by atoms with Gasteiger partial charge in [-0.1, -0.05) is 0 Å². The van der Waals surface area contributed by atoms with Crippen molar-refractivity contribution in [3.8, 4) is 33.8 Å². The number of nitrogens with zero attached hydrogens (tertiary/aromatic N) is 5. The van der Waals surface area contributed by atoms with Crippen LogP contribution in [0.5, 0.6) is 0 Å². The Morgan fingerprint density at radius 2 is 1.91 bits per heavy atom. The third-order valence-electron chi connectivity index (χ3n) is 6.99. The first kappa shape index (κ1) is 29.0. The fourth-order valence-corrected chi connectivity index (χ4v) is 5.60. The van der Waals surface area contributed by atoms with Crippen molar-refractivity contribution in [3.05, 3.63) is 78.5 Å². The van der Waals surface area contributed by atoms with Crippen molar-refractivity contribution in [1.29, 1.82) is 0 Å². The van der Waals surface area contributed by atoms with E-state index in [1.165, 1.54) is 6.07 Å². The van der Waals surface area contributed by atoms with E-state index in [2.05, 4.69) is 30.5 Å². The normalized spacial score (nSPS) is 12.7. The molecule has 0 spiro atoms. The number of rotatable bonds is 8. The number of amides is 1. The zero-order valence-corrected chi connectivity index (χ0v) is 24.8. The van der Waals surface area contributed by atoms with E-state index in [0.717, 1.165) is 12.3 Å². The summed E-state index contributed by atoms with van der Waals surface area (Å²) >= 11 is 0. The number of carbonyl (C=O) groups is 1. The number of aromatic amines is 2. The topological polar surface area (TPSA) is 176 Å². The lowest BCUT2D eigenvalue weighted by molar-refractivity contribution is -0.116. The Kier molecular flexibility index (Phi) is 7.41. The first-order valence-electron chi connectivity index (χ1n) is 13.4. The van der Waals surface area contributed by atoms with E-state index in [-0.39, 0.29) is 18.0 Å². The number of anilines is 1. The number of benzene rings is 1. The standard InChI is InChI=1S/C30H28FN9O3S/c1-40(2)15-26(41)35-20-11-18(13-33-14-20)23-4-5-24-27(36-23)28(39-38-24)25-12-22-21(6-7-34-30(22)37-25)16-8-17(10-19(31)9-16)29(32)44(3,42)43/h4-14,29H,15,32H2,1-3H3,(H,34,37)(H,35,41)(H,38,39). The van der Waals surface area contributed by atoms with Crippen molar-refractivity contribution >= 4 is 43.5 Å². The van der Waals surface area contributed by atoms with Crippen LogP contribution in [0.15, 0.2) is 67.1 Å². The Morgan fingerprint density at radius 1 is 1.09 bits per heavy atom. The average molecular weight is 614 g/mol. The molecule has 0 fully saturated rings. The van der Waals surface area contributed by atoms with Gasteiger partial charge in [-0.25, -0.2) is 22.8 Å². The molecule has 6 rings (SSSR count). The molecule has 5 aromatic heterocycles. The third-order valence-corrected chi connectivity index (χ3v) is 8.19. The summed E-state index contributed by atoms with van der Waals surface area (Å²) in [5, 5.41) is 9.65. The van der Waals surface area contributed by atoms with Crippen LogP contribution >= 0.6 is 0 Å². The van der Waals surface area contributed by atoms with Crippen LogP contribution < -0.4 is 11.1 Å². The Hall–Kier alpha value is -5.05. The number of hydrogen-bond acceptors (Lipinski definition) is 9. The number of aromatic nitrogens is 6. The van der Waals surface area contributed by atoms with Crippen molar-refractivity contribution in [2.45, 2.75) is 5.37 Å². The van der Waals surface area contributed by atoms with Gasteiger partial charge in [-0.2, -0.15) is 5.10 Å². The van der Waals surface area contributed by atoms with E-state index in [1.54, 1.807) is 41.7 Å². The fourth-order valence-electron chi connectivity index (χ4n) is 4.97. The maximum atomic E-state index is 14.7. The highest BCUT2D eigenvalue weighted by atomic mass is 32.2. The van der Waals surface area contributed by atoms with Crippen molar-refractivity contribution in [2.24, 2.45) is 5.73 Å². The number of likely N-dealkylation sites (N-methyl/N-ethyl adjacent to an activating group) is 1. The van der Waals surface area contributed by atoms with Crippen LogP contribution in [0.25, 0.3) is 55.8 Å². The third kappa shape index (κ3) is 5.77. The molecule has 1 atom stereocenters. The van der Waals surface area contributed by atoms with Crippen molar-refractivity contribution in [1.82, 2.24) is 35.0 Å². The van der Waals surface area contributed by atoms with E-state index in [4.69, 9.17) is 10.7 Å². The molecule has 1 unspecified atom stereocenters. The lowest BCUT2D eigenvalue weighted by Crippen LogP contribution is -2.27. The van der Waals surface area contributed by atoms with Crippen molar-refractivity contribution in [3.63, 3.8) is 0 Å². The molecule has 0 radical (unpaired) electrons. The molecular formula is C30H28FN9O3S. The molecule has 0 bridgehead atoms. The van der Waals surface area contributed by atoms with Gasteiger partial charge < -0.3 is 20.9 Å². The van der Waals surface area contributed by atoms with E-state index in [0.29, 0.717) is 61.5 Å². The number of H-pyrrole nitrogens is 2. The molecule has 0 saturated heterocycles. The minimum atomic E-state index is -3.65. The molecule has 0 saturated carbocycles. The van der Waals surface area contributed by atoms with Crippen molar-refractivity contribution in [2.75, 3.05) is 32.2 Å². The maximum absolute atomic E-state index is 14.7. The molecular weight excluding hydrogens is 585 g/mol. The number of fused-ring (bicyclic) bond motifs is 2. The van der Waals surface area contributed by atoms with Gasteiger partial charge in [0.05, 0.1) is 35.3 Å². The van der Waals surface area contributed by atoms with Gasteiger partial charge in [-0.3, -0.25) is 14.9 Å². The van der Waals surface area contributed by atoms with Gasteiger partial charge in [0.15, 0.2) is 9.84 Å². The van der Waals surface area contributed by atoms with Gasteiger partial charge in [0.25, 0.3) is 0 Å². The number of hydrogen-bond donors (Lipinski definition) is 4. The Labute approximate surface area is 251 Å². The largest absolute Gasteiger partial charge is 0.338 e. The van der Waals surface area contributed by atoms with Crippen LogP contribution in [-0.4, -0.2) is 76.3 Å². The Balaban J connectivity index is 1.39. The smallest absolute Gasteiger partial charge is 0.238 e. The quantitative estimate of drug-likeness (QED) is 0.199. The second kappa shape index (κ2) is 11.2. The summed E-state index contributed by atoms with van der Waals surface area (Å²) in [6.07, 6.45) is 5.83. The summed E-state index contributed by atoms with van der Waals surface area (Å²) in [4.78, 5) is 30.8. The number of halogens is 1. The van der Waals surface area contributed by atoms with Crippen LogP contribution in [0.2, 0.25) is 0 Å². The molecule has 224 valence electrons. The number of nitrogens with two attached hydrogens (primary N) is 1. The highest BCUT2D eigenvalue weighted by Crippen LogP contribution is 2.35. The Bertz CT molecular complexity index is 2160. The molecule has 44 heavy (non-hydrogen) atoms. The number of carbonyl (C=O) groups excluding carboxylic acids is 1. The second-order valence-corrected chi connectivity index (χ2v) is 12.9. The molecule has 6 aromatic rings. The van der Waals surface area contributed by atoms with E-state index in [9.17, 15) is 17.6 Å². The fraction of sp³-hybridized carbons (Fsp3) is 0.167. The molecule has 1 aromatic carbocycles. The maximum Gasteiger partial charge on any atom is 0.238 e. The van der Waals surface area contributed by atoms with Crippen LogP contribution in [0.4, 0.5) is 10.1 Å². The molecule has 5 N–H and O–H groups in total. The van der Waals surface area contributed by atoms with Gasteiger partial charge in [-0.05, 0) is 79.3 Å². The summed E-state index contributed by atoms with van der Waals surface area (Å²) in [5.41, 5.74) is 12.0. The average Bonchev–Trinajstić information content (AvgIpc) is 3.59. The minimum absolute atomic E-state index is 0.147. The SMILES string of the molecule is CN(C)CC(=O)Nc1cncc(-c2ccc3[nH]nc(-c4cc5c(-c6cc(F)cc(C(N)S(C)(=O)=O)c6)ccnc5[nH]4)c3n2)c1. The predicted molar refractivity (Wildman–Crippen MR) is 167 cm³/mol. The monoisotopic (exact) mass is 613 g/mol. The second-order valence-electron chi connectivity index (χ2n) is 10.7. The lowest BCUT2D eigenvalue weighted by atomic mass is 10.0. The first-order valence-corrected chi connectivity index (χ1v) is 15.4. The summed E-state index contributed by atoms with van der Waals surface area (Å²) in [5.74, 6) is -0.767. The predicted octanol–water partition coefficient (Wildman–Crippen LogP) is 3.87. The molecule has 0 aliphatic carbocycles. The zero-order valence-electron chi connectivity index (χ0n) is 24.0. The summed E-state index contributed by atoms with van der Waals surface area (Å²) in [6, 6.07) is 13.1. The van der Waals surface area contributed by atoms with Gasteiger partial charge in [-0.15, -0.1) is 0 Å². The van der Waals surface area contributed by atoms with Gasteiger partial charge in [0.2, 0.25) is 5.91 Å². The summed E-state index contributed by atoms with van der Waals surface area (Å²) < 4.78 is 38.8. The molecule has 0 aliphatic heterocycles. The van der Waals surface area contributed by atoms with Crippen LogP contribution in [-0.2, 0) is 14.6 Å². The molecule has 5 heterocycles. The van der Waals surface area contributed by atoms with Gasteiger partial charge in [0, 0.05) is 29.6 Å². The van der Waals surface area contributed by atoms with Gasteiger partial charge in [0.1, 0.15) is 28.0 Å². The molecule has 14 heteroatoms. The highest BCUT2D eigenvalue weighted by molar-refractivity contribution is 7.90. The summed E-state index contributed by atoms with van der Waals surface area (Å²) in [7, 11) is -0.0175. The van der Waals surface area contributed by atoms with Crippen LogP contribution in [0, 0.1) is 5.82 Å². The molecule has 0 aliphatic rings.